The zero-order valence-corrected chi connectivity index (χ0v) is 12.2. The van der Waals surface area contributed by atoms with Gasteiger partial charge in [-0.1, -0.05) is 41.9 Å². The average Bonchev–Trinajstić information content (AvgIpc) is 2.41. The largest absolute Gasteiger partial charge is 0.491 e. The molecular weight excluding hydrogens is 270 g/mol. The third-order valence-corrected chi connectivity index (χ3v) is 4.18. The summed E-state index contributed by atoms with van der Waals surface area (Å²) in [6.45, 7) is 2.62. The topological polar surface area (TPSA) is 35.2 Å². The summed E-state index contributed by atoms with van der Waals surface area (Å²) in [6, 6.07) is 14.3. The van der Waals surface area contributed by atoms with Crippen LogP contribution in [0.5, 0.6) is 5.75 Å². The van der Waals surface area contributed by atoms with E-state index in [0.29, 0.717) is 17.5 Å². The summed E-state index contributed by atoms with van der Waals surface area (Å²) in [5, 5.41) is 0.632. The van der Waals surface area contributed by atoms with Gasteiger partial charge in [0, 0.05) is 12.0 Å². The summed E-state index contributed by atoms with van der Waals surface area (Å²) in [7, 11) is 0. The van der Waals surface area contributed by atoms with Crippen LogP contribution in [0, 0.1) is 0 Å². The molecule has 0 heterocycles. The van der Waals surface area contributed by atoms with Gasteiger partial charge in [0.2, 0.25) is 0 Å². The minimum atomic E-state index is -0.0138. The fraction of sp³-hybridized carbons (Fsp3) is 0.294. The Kier molecular flexibility index (Phi) is 3.68. The summed E-state index contributed by atoms with van der Waals surface area (Å²) in [5.41, 5.74) is 9.69. The molecule has 0 amide bonds. The number of hydrogen-bond acceptors (Lipinski definition) is 2. The van der Waals surface area contributed by atoms with Crippen molar-refractivity contribution in [3.8, 4) is 5.75 Å². The molecule has 0 aromatic heterocycles. The molecule has 0 spiro atoms. The van der Waals surface area contributed by atoms with Crippen molar-refractivity contribution in [2.45, 2.75) is 25.3 Å². The van der Waals surface area contributed by atoms with E-state index in [0.717, 1.165) is 17.7 Å². The second-order valence-electron chi connectivity index (χ2n) is 5.39. The van der Waals surface area contributed by atoms with Crippen molar-refractivity contribution in [2.24, 2.45) is 5.73 Å². The Morgan fingerprint density at radius 1 is 1.30 bits per heavy atom. The van der Waals surface area contributed by atoms with Crippen LogP contribution in [0.1, 0.15) is 35.6 Å². The van der Waals surface area contributed by atoms with Crippen molar-refractivity contribution in [3.63, 3.8) is 0 Å². The Labute approximate surface area is 124 Å². The van der Waals surface area contributed by atoms with Crippen LogP contribution in [-0.2, 0) is 6.42 Å². The minimum Gasteiger partial charge on any atom is -0.491 e. The predicted molar refractivity (Wildman–Crippen MR) is 82.4 cm³/mol. The van der Waals surface area contributed by atoms with Gasteiger partial charge in [0.15, 0.2) is 0 Å². The van der Waals surface area contributed by atoms with Crippen molar-refractivity contribution in [1.82, 2.24) is 0 Å². The van der Waals surface area contributed by atoms with Crippen LogP contribution in [0.25, 0.3) is 0 Å². The van der Waals surface area contributed by atoms with Gasteiger partial charge in [-0.3, -0.25) is 0 Å². The van der Waals surface area contributed by atoms with Gasteiger partial charge in [0.05, 0.1) is 11.6 Å². The van der Waals surface area contributed by atoms with Gasteiger partial charge in [-0.2, -0.15) is 0 Å². The Morgan fingerprint density at radius 3 is 2.80 bits per heavy atom. The first-order valence-corrected chi connectivity index (χ1v) is 7.28. The summed E-state index contributed by atoms with van der Waals surface area (Å²) in [6.07, 6.45) is 1.09. The molecule has 2 aromatic carbocycles. The van der Waals surface area contributed by atoms with Gasteiger partial charge in [-0.15, -0.1) is 0 Å². The van der Waals surface area contributed by atoms with E-state index in [-0.39, 0.29) is 6.04 Å². The van der Waals surface area contributed by atoms with Crippen LogP contribution < -0.4 is 10.5 Å². The Bertz CT molecular complexity index is 624. The number of ether oxygens (including phenoxy) is 1. The number of rotatable bonds is 4. The molecule has 20 heavy (non-hydrogen) atoms. The molecule has 2 N–H and O–H groups in total. The summed E-state index contributed by atoms with van der Waals surface area (Å²) in [5.74, 6) is 1.22. The third kappa shape index (κ3) is 2.54. The lowest BCUT2D eigenvalue weighted by Crippen LogP contribution is -2.23. The molecular formula is C17H18ClNO. The molecule has 0 radical (unpaired) electrons. The second kappa shape index (κ2) is 5.47. The number of fused-ring (bicyclic) bond motifs is 1. The molecule has 104 valence electrons. The third-order valence-electron chi connectivity index (χ3n) is 3.88. The lowest BCUT2D eigenvalue weighted by atomic mass is 9.78. The van der Waals surface area contributed by atoms with Crippen molar-refractivity contribution < 1.29 is 4.74 Å². The monoisotopic (exact) mass is 287 g/mol. The van der Waals surface area contributed by atoms with Crippen LogP contribution in [0.3, 0.4) is 0 Å². The van der Waals surface area contributed by atoms with Crippen LogP contribution in [0.4, 0.5) is 0 Å². The van der Waals surface area contributed by atoms with Gasteiger partial charge in [-0.05, 0) is 42.2 Å². The van der Waals surface area contributed by atoms with Gasteiger partial charge >= 0.3 is 0 Å². The summed E-state index contributed by atoms with van der Waals surface area (Å²) >= 11 is 6.24. The molecule has 1 unspecified atom stereocenters. The number of nitrogens with two attached hydrogens (primary N) is 1. The maximum absolute atomic E-state index is 6.24. The Balaban J connectivity index is 1.65. The first-order valence-electron chi connectivity index (χ1n) is 6.91. The molecule has 0 saturated carbocycles. The van der Waals surface area contributed by atoms with Crippen LogP contribution in [0.15, 0.2) is 42.5 Å². The van der Waals surface area contributed by atoms with E-state index in [1.54, 1.807) is 0 Å². The van der Waals surface area contributed by atoms with Crippen molar-refractivity contribution in [2.75, 3.05) is 6.61 Å². The number of benzene rings is 2. The molecule has 0 aliphatic heterocycles. The summed E-state index contributed by atoms with van der Waals surface area (Å²) < 4.78 is 5.86. The Hall–Kier alpha value is -1.51. The van der Waals surface area contributed by atoms with E-state index in [1.807, 2.05) is 25.1 Å². The molecule has 0 fully saturated rings. The van der Waals surface area contributed by atoms with Crippen LogP contribution >= 0.6 is 11.6 Å². The highest BCUT2D eigenvalue weighted by Gasteiger charge is 2.26. The Morgan fingerprint density at radius 2 is 2.10 bits per heavy atom. The average molecular weight is 288 g/mol. The first kappa shape index (κ1) is 13.5. The van der Waals surface area contributed by atoms with Gasteiger partial charge < -0.3 is 10.5 Å². The SMILES string of the molecule is C[C@H](N)c1ccc(OCC2Cc3ccccc32)c(Cl)c1. The normalized spacial score (nSPS) is 18.1. The predicted octanol–water partition coefficient (Wildman–Crippen LogP) is 4.08. The highest BCUT2D eigenvalue weighted by molar-refractivity contribution is 6.32. The molecule has 0 bridgehead atoms. The molecule has 3 heteroatoms. The van der Waals surface area contributed by atoms with E-state index < -0.39 is 0 Å². The molecule has 2 atom stereocenters. The van der Waals surface area contributed by atoms with E-state index in [1.165, 1.54) is 11.1 Å². The molecule has 2 nitrogen and oxygen atoms in total. The minimum absolute atomic E-state index is 0.0138. The van der Waals surface area contributed by atoms with Crippen molar-refractivity contribution in [3.05, 3.63) is 64.2 Å². The molecule has 0 saturated heterocycles. The van der Waals surface area contributed by atoms with Crippen LogP contribution in [0.2, 0.25) is 5.02 Å². The van der Waals surface area contributed by atoms with Crippen molar-refractivity contribution in [1.29, 1.82) is 0 Å². The van der Waals surface area contributed by atoms with E-state index in [2.05, 4.69) is 24.3 Å². The standard InChI is InChI=1S/C17H18ClNO/c1-11(19)12-6-7-17(16(18)9-12)20-10-14-8-13-4-2-3-5-15(13)14/h2-7,9,11,14H,8,10,19H2,1H3/t11-,14?/m0/s1. The number of hydrogen-bond donors (Lipinski definition) is 1. The fourth-order valence-corrected chi connectivity index (χ4v) is 2.86. The highest BCUT2D eigenvalue weighted by Crippen LogP contribution is 2.36. The second-order valence-corrected chi connectivity index (χ2v) is 5.80. The van der Waals surface area contributed by atoms with E-state index >= 15 is 0 Å². The smallest absolute Gasteiger partial charge is 0.137 e. The zero-order valence-electron chi connectivity index (χ0n) is 11.5. The molecule has 3 rings (SSSR count). The maximum Gasteiger partial charge on any atom is 0.137 e. The summed E-state index contributed by atoms with van der Waals surface area (Å²) in [4.78, 5) is 0. The first-order chi connectivity index (χ1) is 9.65. The van der Waals surface area contributed by atoms with E-state index in [4.69, 9.17) is 22.1 Å². The highest BCUT2D eigenvalue weighted by atomic mass is 35.5. The lowest BCUT2D eigenvalue weighted by Gasteiger charge is -2.30. The lowest BCUT2D eigenvalue weighted by molar-refractivity contribution is 0.275. The van der Waals surface area contributed by atoms with E-state index in [9.17, 15) is 0 Å². The molecule has 1 aliphatic rings. The quantitative estimate of drug-likeness (QED) is 0.920. The fourth-order valence-electron chi connectivity index (χ4n) is 2.62. The molecule has 1 aliphatic carbocycles. The van der Waals surface area contributed by atoms with Gasteiger partial charge in [-0.25, -0.2) is 0 Å². The van der Waals surface area contributed by atoms with Crippen molar-refractivity contribution >= 4 is 11.6 Å². The molecule has 2 aromatic rings. The maximum atomic E-state index is 6.24. The zero-order chi connectivity index (χ0) is 14.1. The van der Waals surface area contributed by atoms with Gasteiger partial charge in [0.25, 0.3) is 0 Å². The van der Waals surface area contributed by atoms with Gasteiger partial charge in [0.1, 0.15) is 5.75 Å². The van der Waals surface area contributed by atoms with Crippen LogP contribution in [-0.4, -0.2) is 6.61 Å². The number of halogens is 1.